The molecule has 162 valence electrons. The zero-order valence-corrected chi connectivity index (χ0v) is 18.1. The van der Waals surface area contributed by atoms with Crippen molar-refractivity contribution in [3.8, 4) is 11.6 Å². The van der Waals surface area contributed by atoms with E-state index in [4.69, 9.17) is 4.42 Å². The number of benzene rings is 1. The van der Waals surface area contributed by atoms with Crippen molar-refractivity contribution in [2.45, 2.75) is 20.4 Å². The van der Waals surface area contributed by atoms with Gasteiger partial charge in [-0.2, -0.15) is 0 Å². The molecule has 0 aliphatic rings. The van der Waals surface area contributed by atoms with Gasteiger partial charge in [0.1, 0.15) is 12.0 Å². The van der Waals surface area contributed by atoms with Crippen LogP contribution < -0.4 is 5.43 Å². The molecular formula is C26H20N4O3. The highest BCUT2D eigenvalue weighted by atomic mass is 16.3. The fourth-order valence-electron chi connectivity index (χ4n) is 3.77. The smallest absolute Gasteiger partial charge is 0.244 e. The van der Waals surface area contributed by atoms with E-state index in [1.54, 1.807) is 30.6 Å². The number of carbonyl (C=O) groups excluding carboxylic acids is 1. The van der Waals surface area contributed by atoms with Gasteiger partial charge in [-0.25, -0.2) is 9.97 Å². The number of pyridine rings is 3. The Bertz CT molecular complexity index is 1550. The Balaban J connectivity index is 1.62. The maximum Gasteiger partial charge on any atom is 0.244 e. The van der Waals surface area contributed by atoms with Crippen LogP contribution in [0.1, 0.15) is 32.9 Å². The number of carbonyl (C=O) groups is 1. The number of hydrogen-bond acceptors (Lipinski definition) is 6. The molecule has 0 amide bonds. The second kappa shape index (κ2) is 8.27. The minimum Gasteiger partial charge on any atom is -0.443 e. The third-order valence-electron chi connectivity index (χ3n) is 5.63. The van der Waals surface area contributed by atoms with E-state index in [0.29, 0.717) is 29.1 Å². The van der Waals surface area contributed by atoms with Crippen molar-refractivity contribution >= 4 is 16.7 Å². The number of nitrogens with zero attached hydrogens (tertiary/aromatic N) is 4. The molecule has 0 spiro atoms. The second-order valence-electron chi connectivity index (χ2n) is 7.82. The van der Waals surface area contributed by atoms with Crippen LogP contribution in [0, 0.1) is 13.8 Å². The molecule has 7 heteroatoms. The minimum absolute atomic E-state index is 0.0996. The molecule has 0 unspecified atom stereocenters. The molecule has 0 aliphatic heterocycles. The van der Waals surface area contributed by atoms with Crippen molar-refractivity contribution in [2.24, 2.45) is 0 Å². The number of para-hydroxylation sites is 1. The summed E-state index contributed by atoms with van der Waals surface area (Å²) in [6.45, 7) is 4.14. The minimum atomic E-state index is -0.350. The van der Waals surface area contributed by atoms with Crippen LogP contribution in [-0.4, -0.2) is 25.3 Å². The summed E-state index contributed by atoms with van der Waals surface area (Å²) in [5.74, 6) is 0.0799. The number of aromatic nitrogens is 4. The summed E-state index contributed by atoms with van der Waals surface area (Å²) in [5, 5.41) is 0.476. The standard InChI is InChI=1S/C26H20N4O3/c1-16-12-18(13-28-17(16)2)24(31)21-15-30(23-9-4-3-7-20(23)25(21)32)14-19-6-5-8-22(29-19)26-27-10-11-33-26/h3-13,15H,14H2,1-2H3. The Morgan fingerprint density at radius 2 is 1.91 bits per heavy atom. The second-order valence-corrected chi connectivity index (χ2v) is 7.82. The summed E-state index contributed by atoms with van der Waals surface area (Å²) in [4.78, 5) is 39.6. The Morgan fingerprint density at radius 3 is 2.70 bits per heavy atom. The van der Waals surface area contributed by atoms with Crippen LogP contribution in [0.4, 0.5) is 0 Å². The molecule has 0 fully saturated rings. The highest BCUT2D eigenvalue weighted by Crippen LogP contribution is 2.19. The van der Waals surface area contributed by atoms with Gasteiger partial charge in [-0.15, -0.1) is 0 Å². The van der Waals surface area contributed by atoms with Crippen molar-refractivity contribution in [3.63, 3.8) is 0 Å². The molecule has 0 aliphatic carbocycles. The van der Waals surface area contributed by atoms with Gasteiger partial charge in [0.25, 0.3) is 0 Å². The first-order chi connectivity index (χ1) is 16.0. The lowest BCUT2D eigenvalue weighted by Crippen LogP contribution is -2.20. The van der Waals surface area contributed by atoms with Crippen LogP contribution in [0.25, 0.3) is 22.5 Å². The molecule has 0 radical (unpaired) electrons. The Hall–Kier alpha value is -4.39. The molecule has 33 heavy (non-hydrogen) atoms. The number of fused-ring (bicyclic) bond motifs is 1. The molecule has 0 saturated carbocycles. The van der Waals surface area contributed by atoms with Crippen LogP contribution in [0.5, 0.6) is 0 Å². The van der Waals surface area contributed by atoms with E-state index >= 15 is 0 Å². The number of rotatable bonds is 5. The van der Waals surface area contributed by atoms with Crippen LogP contribution >= 0.6 is 0 Å². The fourth-order valence-corrected chi connectivity index (χ4v) is 3.77. The van der Waals surface area contributed by atoms with Gasteiger partial charge in [0, 0.05) is 29.0 Å². The molecule has 0 bridgehead atoms. The van der Waals surface area contributed by atoms with E-state index < -0.39 is 0 Å². The molecule has 1 aromatic carbocycles. The number of hydrogen-bond donors (Lipinski definition) is 0. The molecular weight excluding hydrogens is 416 g/mol. The SMILES string of the molecule is Cc1cc(C(=O)c2cn(Cc3cccc(-c4ncco4)n3)c3ccccc3c2=O)cnc1C. The van der Waals surface area contributed by atoms with Crippen LogP contribution in [0.2, 0.25) is 0 Å². The van der Waals surface area contributed by atoms with Gasteiger partial charge in [-0.05, 0) is 49.7 Å². The maximum absolute atomic E-state index is 13.3. The summed E-state index contributed by atoms with van der Waals surface area (Å²) in [6.07, 6.45) is 6.20. The summed E-state index contributed by atoms with van der Waals surface area (Å²) in [5.41, 5.74) is 4.01. The van der Waals surface area contributed by atoms with Gasteiger partial charge < -0.3 is 8.98 Å². The van der Waals surface area contributed by atoms with Gasteiger partial charge in [-0.3, -0.25) is 14.6 Å². The summed E-state index contributed by atoms with van der Waals surface area (Å²) in [7, 11) is 0. The van der Waals surface area contributed by atoms with E-state index in [1.165, 1.54) is 12.5 Å². The molecule has 5 rings (SSSR count). The van der Waals surface area contributed by atoms with E-state index in [9.17, 15) is 9.59 Å². The van der Waals surface area contributed by atoms with Gasteiger partial charge in [-0.1, -0.05) is 18.2 Å². The maximum atomic E-state index is 13.3. The number of oxazole rings is 1. The monoisotopic (exact) mass is 436 g/mol. The van der Waals surface area contributed by atoms with Crippen molar-refractivity contribution in [2.75, 3.05) is 0 Å². The topological polar surface area (TPSA) is 90.9 Å². The van der Waals surface area contributed by atoms with Crippen molar-refractivity contribution < 1.29 is 9.21 Å². The average molecular weight is 436 g/mol. The summed E-state index contributed by atoms with van der Waals surface area (Å²) in [6, 6.07) is 14.6. The lowest BCUT2D eigenvalue weighted by molar-refractivity contribution is 0.103. The molecule has 0 atom stereocenters. The normalized spacial score (nSPS) is 11.1. The summed E-state index contributed by atoms with van der Waals surface area (Å²) < 4.78 is 7.23. The lowest BCUT2D eigenvalue weighted by atomic mass is 10.0. The zero-order chi connectivity index (χ0) is 22.9. The van der Waals surface area contributed by atoms with E-state index in [1.807, 2.05) is 48.7 Å². The fraction of sp³-hybridized carbons (Fsp3) is 0.115. The van der Waals surface area contributed by atoms with Crippen LogP contribution in [0.3, 0.4) is 0 Å². The van der Waals surface area contributed by atoms with E-state index in [2.05, 4.69) is 15.0 Å². The molecule has 7 nitrogen and oxygen atoms in total. The highest BCUT2D eigenvalue weighted by Gasteiger charge is 2.18. The largest absolute Gasteiger partial charge is 0.443 e. The first kappa shape index (κ1) is 20.5. The van der Waals surface area contributed by atoms with Gasteiger partial charge in [0.05, 0.1) is 29.5 Å². The molecule has 0 saturated heterocycles. The average Bonchev–Trinajstić information content (AvgIpc) is 3.38. The Morgan fingerprint density at radius 1 is 1.06 bits per heavy atom. The molecule has 0 N–H and O–H groups in total. The van der Waals surface area contributed by atoms with Crippen molar-refractivity contribution in [1.82, 2.24) is 19.5 Å². The van der Waals surface area contributed by atoms with E-state index in [0.717, 1.165) is 22.5 Å². The van der Waals surface area contributed by atoms with Gasteiger partial charge >= 0.3 is 0 Å². The zero-order valence-electron chi connectivity index (χ0n) is 18.1. The van der Waals surface area contributed by atoms with Gasteiger partial charge in [0.2, 0.25) is 11.3 Å². The highest BCUT2D eigenvalue weighted by molar-refractivity contribution is 6.10. The quantitative estimate of drug-likeness (QED) is 0.381. The third-order valence-corrected chi connectivity index (χ3v) is 5.63. The first-order valence-electron chi connectivity index (χ1n) is 10.5. The van der Waals surface area contributed by atoms with Crippen molar-refractivity contribution in [3.05, 3.63) is 112 Å². The predicted octanol–water partition coefficient (Wildman–Crippen LogP) is 4.34. The van der Waals surface area contributed by atoms with Crippen molar-refractivity contribution in [1.29, 1.82) is 0 Å². The lowest BCUT2D eigenvalue weighted by Gasteiger charge is -2.13. The number of aryl methyl sites for hydroxylation is 2. The van der Waals surface area contributed by atoms with Gasteiger partial charge in [0.15, 0.2) is 5.78 Å². The molecule has 5 aromatic rings. The Labute approximate surface area is 189 Å². The first-order valence-corrected chi connectivity index (χ1v) is 10.5. The third kappa shape index (κ3) is 3.85. The molecule has 4 heterocycles. The van der Waals surface area contributed by atoms with E-state index in [-0.39, 0.29) is 16.8 Å². The Kier molecular flexibility index (Phi) is 5.14. The summed E-state index contributed by atoms with van der Waals surface area (Å²) >= 11 is 0. The van der Waals surface area contributed by atoms with Crippen LogP contribution in [-0.2, 0) is 6.54 Å². The molecule has 4 aromatic heterocycles. The van der Waals surface area contributed by atoms with Crippen LogP contribution in [0.15, 0.2) is 82.6 Å². The predicted molar refractivity (Wildman–Crippen MR) is 124 cm³/mol. The number of ketones is 1.